The van der Waals surface area contributed by atoms with Crippen LogP contribution in [0.15, 0.2) is 6.20 Å². The molecule has 2 heterocycles. The summed E-state index contributed by atoms with van der Waals surface area (Å²) in [6, 6.07) is 0. The lowest BCUT2D eigenvalue weighted by atomic mass is 10.1. The molecular formula is C11H16ClN3. The van der Waals surface area contributed by atoms with Gasteiger partial charge in [0.15, 0.2) is 0 Å². The average molecular weight is 226 g/mol. The lowest BCUT2D eigenvalue weighted by Crippen LogP contribution is -2.34. The Bertz CT molecular complexity index is 352. The molecule has 1 aromatic heterocycles. The van der Waals surface area contributed by atoms with Crippen molar-refractivity contribution >= 4 is 11.6 Å². The molecule has 0 bridgehead atoms. The van der Waals surface area contributed by atoms with E-state index in [2.05, 4.69) is 28.7 Å². The lowest BCUT2D eigenvalue weighted by Gasteiger charge is -2.29. The largest absolute Gasteiger partial charge is 0.298 e. The van der Waals surface area contributed by atoms with Crippen LogP contribution in [0.2, 0.25) is 5.28 Å². The summed E-state index contributed by atoms with van der Waals surface area (Å²) in [6.07, 6.45) is 2.85. The molecule has 0 aliphatic carbocycles. The number of aromatic nitrogens is 2. The molecule has 3 nitrogen and oxygen atoms in total. The third-order valence-corrected chi connectivity index (χ3v) is 2.79. The fourth-order valence-electron chi connectivity index (χ4n) is 2.02. The summed E-state index contributed by atoms with van der Waals surface area (Å²) < 4.78 is 0. The maximum absolute atomic E-state index is 5.76. The van der Waals surface area contributed by atoms with Crippen LogP contribution in [0.5, 0.6) is 0 Å². The first-order chi connectivity index (χ1) is 7.15. The molecule has 4 heteroatoms. The van der Waals surface area contributed by atoms with Gasteiger partial charge in [-0.25, -0.2) is 9.97 Å². The van der Waals surface area contributed by atoms with Crippen LogP contribution in [0.1, 0.15) is 25.1 Å². The molecule has 1 aromatic rings. The molecule has 0 radical (unpaired) electrons. The minimum Gasteiger partial charge on any atom is -0.298 e. The van der Waals surface area contributed by atoms with Gasteiger partial charge < -0.3 is 0 Å². The van der Waals surface area contributed by atoms with E-state index < -0.39 is 0 Å². The number of nitrogens with zero attached hydrogens (tertiary/aromatic N) is 3. The van der Waals surface area contributed by atoms with E-state index in [-0.39, 0.29) is 0 Å². The van der Waals surface area contributed by atoms with Gasteiger partial charge in [-0.3, -0.25) is 4.90 Å². The Labute approximate surface area is 95.5 Å². The van der Waals surface area contributed by atoms with E-state index in [1.165, 1.54) is 5.56 Å². The van der Waals surface area contributed by atoms with Crippen molar-refractivity contribution in [3.8, 4) is 0 Å². The van der Waals surface area contributed by atoms with E-state index in [1.54, 1.807) is 0 Å². The van der Waals surface area contributed by atoms with Crippen molar-refractivity contribution in [2.24, 2.45) is 5.92 Å². The normalized spacial score (nSPS) is 16.8. The monoisotopic (exact) mass is 225 g/mol. The molecule has 15 heavy (non-hydrogen) atoms. The van der Waals surface area contributed by atoms with E-state index >= 15 is 0 Å². The highest BCUT2D eigenvalue weighted by molar-refractivity contribution is 6.28. The maximum atomic E-state index is 5.76. The molecule has 0 saturated heterocycles. The van der Waals surface area contributed by atoms with E-state index in [1.807, 2.05) is 6.20 Å². The second-order valence-electron chi connectivity index (χ2n) is 4.49. The van der Waals surface area contributed by atoms with Gasteiger partial charge in [-0.05, 0) is 17.5 Å². The summed E-state index contributed by atoms with van der Waals surface area (Å²) in [4.78, 5) is 10.7. The van der Waals surface area contributed by atoms with Crippen molar-refractivity contribution in [3.05, 3.63) is 22.7 Å². The minimum atomic E-state index is 0.367. The van der Waals surface area contributed by atoms with Crippen molar-refractivity contribution in [3.63, 3.8) is 0 Å². The van der Waals surface area contributed by atoms with E-state index in [0.29, 0.717) is 11.2 Å². The van der Waals surface area contributed by atoms with Crippen LogP contribution in [-0.4, -0.2) is 28.0 Å². The van der Waals surface area contributed by atoms with Gasteiger partial charge >= 0.3 is 0 Å². The lowest BCUT2D eigenvalue weighted by molar-refractivity contribution is 0.224. The summed E-state index contributed by atoms with van der Waals surface area (Å²) in [5.74, 6) is 0.708. The van der Waals surface area contributed by atoms with Gasteiger partial charge in [0.05, 0.1) is 5.69 Å². The van der Waals surface area contributed by atoms with Crippen LogP contribution in [-0.2, 0) is 13.0 Å². The SMILES string of the molecule is CC(C)CN1CCc2nc(Cl)ncc2C1. The maximum Gasteiger partial charge on any atom is 0.222 e. The highest BCUT2D eigenvalue weighted by Crippen LogP contribution is 2.18. The van der Waals surface area contributed by atoms with E-state index in [0.717, 1.165) is 31.7 Å². The third-order valence-electron chi connectivity index (χ3n) is 2.61. The summed E-state index contributed by atoms with van der Waals surface area (Å²) in [5.41, 5.74) is 2.35. The minimum absolute atomic E-state index is 0.367. The standard InChI is InChI=1S/C11H16ClN3/c1-8(2)6-15-4-3-10-9(7-15)5-13-11(12)14-10/h5,8H,3-4,6-7H2,1-2H3. The molecule has 0 N–H and O–H groups in total. The molecule has 0 unspecified atom stereocenters. The van der Waals surface area contributed by atoms with Crippen LogP contribution in [0.25, 0.3) is 0 Å². The Hall–Kier alpha value is -0.670. The molecule has 2 rings (SSSR count). The van der Waals surface area contributed by atoms with Crippen LogP contribution in [0.4, 0.5) is 0 Å². The molecule has 1 aliphatic heterocycles. The van der Waals surface area contributed by atoms with Gasteiger partial charge in [0.25, 0.3) is 0 Å². The highest BCUT2D eigenvalue weighted by Gasteiger charge is 2.18. The summed E-state index contributed by atoms with van der Waals surface area (Å²) in [7, 11) is 0. The zero-order valence-corrected chi connectivity index (χ0v) is 9.96. The fraction of sp³-hybridized carbons (Fsp3) is 0.636. The van der Waals surface area contributed by atoms with Crippen LogP contribution < -0.4 is 0 Å². The highest BCUT2D eigenvalue weighted by atomic mass is 35.5. The van der Waals surface area contributed by atoms with Crippen molar-refractivity contribution in [1.29, 1.82) is 0 Å². The summed E-state index contributed by atoms with van der Waals surface area (Å²) >= 11 is 5.76. The van der Waals surface area contributed by atoms with Gasteiger partial charge in [-0.2, -0.15) is 0 Å². The van der Waals surface area contributed by atoms with Crippen LogP contribution in [0, 0.1) is 5.92 Å². The predicted octanol–water partition coefficient (Wildman–Crippen LogP) is 2.14. The number of halogens is 1. The Morgan fingerprint density at radius 1 is 1.53 bits per heavy atom. The number of rotatable bonds is 2. The number of hydrogen-bond acceptors (Lipinski definition) is 3. The fourth-order valence-corrected chi connectivity index (χ4v) is 2.17. The first kappa shape index (κ1) is 10.8. The van der Waals surface area contributed by atoms with Gasteiger partial charge in [-0.1, -0.05) is 13.8 Å². The Kier molecular flexibility index (Phi) is 3.22. The zero-order chi connectivity index (χ0) is 10.8. The predicted molar refractivity (Wildman–Crippen MR) is 60.9 cm³/mol. The van der Waals surface area contributed by atoms with Crippen molar-refractivity contribution in [1.82, 2.24) is 14.9 Å². The average Bonchev–Trinajstić information content (AvgIpc) is 2.17. The van der Waals surface area contributed by atoms with Gasteiger partial charge in [-0.15, -0.1) is 0 Å². The Balaban J connectivity index is 2.10. The molecule has 0 saturated carbocycles. The van der Waals surface area contributed by atoms with Crippen molar-refractivity contribution in [2.45, 2.75) is 26.8 Å². The van der Waals surface area contributed by atoms with Crippen LogP contribution >= 0.6 is 11.6 Å². The summed E-state index contributed by atoms with van der Waals surface area (Å²) in [5, 5.41) is 0.367. The molecule has 1 aliphatic rings. The Morgan fingerprint density at radius 2 is 2.33 bits per heavy atom. The first-order valence-corrected chi connectivity index (χ1v) is 5.75. The summed E-state index contributed by atoms with van der Waals surface area (Å²) in [6.45, 7) is 7.67. The molecule has 0 fully saturated rings. The van der Waals surface area contributed by atoms with Gasteiger partial charge in [0, 0.05) is 37.8 Å². The molecule has 0 aromatic carbocycles. The Morgan fingerprint density at radius 3 is 3.07 bits per heavy atom. The molecular weight excluding hydrogens is 210 g/mol. The third kappa shape index (κ3) is 2.67. The first-order valence-electron chi connectivity index (χ1n) is 5.38. The zero-order valence-electron chi connectivity index (χ0n) is 9.20. The van der Waals surface area contributed by atoms with Crippen molar-refractivity contribution < 1.29 is 0 Å². The molecule has 0 atom stereocenters. The topological polar surface area (TPSA) is 29.0 Å². The number of fused-ring (bicyclic) bond motifs is 1. The molecule has 82 valence electrons. The smallest absolute Gasteiger partial charge is 0.222 e. The second-order valence-corrected chi connectivity index (χ2v) is 4.83. The van der Waals surface area contributed by atoms with Crippen LogP contribution in [0.3, 0.4) is 0 Å². The van der Waals surface area contributed by atoms with E-state index in [9.17, 15) is 0 Å². The van der Waals surface area contributed by atoms with Gasteiger partial charge in [0.1, 0.15) is 0 Å². The van der Waals surface area contributed by atoms with Crippen molar-refractivity contribution in [2.75, 3.05) is 13.1 Å². The quantitative estimate of drug-likeness (QED) is 0.723. The van der Waals surface area contributed by atoms with Gasteiger partial charge in [0.2, 0.25) is 5.28 Å². The number of hydrogen-bond donors (Lipinski definition) is 0. The molecule has 0 spiro atoms. The molecule has 0 amide bonds. The van der Waals surface area contributed by atoms with E-state index in [4.69, 9.17) is 11.6 Å². The second kappa shape index (κ2) is 4.45.